The zero-order chi connectivity index (χ0) is 19.3. The van der Waals surface area contributed by atoms with Crippen LogP contribution < -0.4 is 24.3 Å². The maximum Gasteiger partial charge on any atom is 0.258 e. The van der Waals surface area contributed by atoms with Gasteiger partial charge in [0.05, 0.1) is 13.7 Å². The van der Waals surface area contributed by atoms with Gasteiger partial charge in [-0.05, 0) is 47.2 Å². The van der Waals surface area contributed by atoms with Crippen LogP contribution >= 0.6 is 0 Å². The van der Waals surface area contributed by atoms with Crippen LogP contribution in [0.15, 0.2) is 60.7 Å². The van der Waals surface area contributed by atoms with E-state index >= 15 is 0 Å². The first-order chi connectivity index (χ1) is 13.7. The molecule has 4 rings (SSSR count). The fourth-order valence-electron chi connectivity index (χ4n) is 3.01. The van der Waals surface area contributed by atoms with E-state index in [1.165, 1.54) is 0 Å². The molecule has 28 heavy (non-hydrogen) atoms. The minimum absolute atomic E-state index is 0.0698. The SMILES string of the molecule is COc1ccc2ccc(OCC(=O)NC[C@H]3COc4ccccc4O3)cc2c1. The van der Waals surface area contributed by atoms with Crippen LogP contribution in [0.3, 0.4) is 0 Å². The number of amides is 1. The van der Waals surface area contributed by atoms with Crippen molar-refractivity contribution in [1.29, 1.82) is 0 Å². The molecule has 6 heteroatoms. The third kappa shape index (κ3) is 4.11. The van der Waals surface area contributed by atoms with Gasteiger partial charge < -0.3 is 24.3 Å². The Bertz CT molecular complexity index is 988. The molecule has 0 saturated heterocycles. The Morgan fingerprint density at radius 3 is 2.61 bits per heavy atom. The van der Waals surface area contributed by atoms with E-state index in [0.29, 0.717) is 24.7 Å². The molecule has 6 nitrogen and oxygen atoms in total. The van der Waals surface area contributed by atoms with Crippen LogP contribution in [0.2, 0.25) is 0 Å². The van der Waals surface area contributed by atoms with Gasteiger partial charge in [-0.2, -0.15) is 0 Å². The maximum atomic E-state index is 12.1. The van der Waals surface area contributed by atoms with Crippen LogP contribution in [-0.2, 0) is 4.79 Å². The fraction of sp³-hybridized carbons (Fsp3) is 0.227. The average molecular weight is 379 g/mol. The molecule has 1 heterocycles. The highest BCUT2D eigenvalue weighted by Gasteiger charge is 2.21. The van der Waals surface area contributed by atoms with Crippen LogP contribution in [0, 0.1) is 0 Å². The Morgan fingerprint density at radius 2 is 1.79 bits per heavy atom. The zero-order valence-corrected chi connectivity index (χ0v) is 15.5. The molecular weight excluding hydrogens is 358 g/mol. The van der Waals surface area contributed by atoms with Crippen molar-refractivity contribution in [2.75, 3.05) is 26.9 Å². The molecule has 0 spiro atoms. The summed E-state index contributed by atoms with van der Waals surface area (Å²) < 4.78 is 22.3. The van der Waals surface area contributed by atoms with Gasteiger partial charge >= 0.3 is 0 Å². The standard InChI is InChI=1S/C22H21NO5/c1-25-17-8-6-15-7-9-18(11-16(15)10-17)26-14-22(24)23-12-19-13-27-20-4-2-3-5-21(20)28-19/h2-11,19H,12-14H2,1H3,(H,23,24)/t19-/m0/s1. The summed E-state index contributed by atoms with van der Waals surface area (Å²) in [6.45, 7) is 0.676. The molecule has 1 atom stereocenters. The highest BCUT2D eigenvalue weighted by molar-refractivity contribution is 5.85. The molecule has 0 aliphatic carbocycles. The van der Waals surface area contributed by atoms with Crippen molar-refractivity contribution in [2.24, 2.45) is 0 Å². The number of methoxy groups -OCH3 is 1. The van der Waals surface area contributed by atoms with E-state index in [4.69, 9.17) is 18.9 Å². The molecule has 0 fully saturated rings. The first-order valence-corrected chi connectivity index (χ1v) is 9.07. The molecule has 0 radical (unpaired) electrons. The fourth-order valence-corrected chi connectivity index (χ4v) is 3.01. The van der Waals surface area contributed by atoms with Gasteiger partial charge in [-0.15, -0.1) is 0 Å². The molecule has 0 unspecified atom stereocenters. The average Bonchev–Trinajstić information content (AvgIpc) is 2.75. The minimum Gasteiger partial charge on any atom is -0.497 e. The molecule has 3 aromatic carbocycles. The van der Waals surface area contributed by atoms with Gasteiger partial charge in [0.2, 0.25) is 0 Å². The lowest BCUT2D eigenvalue weighted by molar-refractivity contribution is -0.123. The third-order valence-electron chi connectivity index (χ3n) is 4.48. The maximum absolute atomic E-state index is 12.1. The van der Waals surface area contributed by atoms with Crippen molar-refractivity contribution in [3.05, 3.63) is 60.7 Å². The second-order valence-corrected chi connectivity index (χ2v) is 6.47. The number of benzene rings is 3. The minimum atomic E-state index is -0.230. The van der Waals surface area contributed by atoms with Gasteiger partial charge in [0.1, 0.15) is 24.2 Å². The van der Waals surface area contributed by atoms with Gasteiger partial charge in [-0.25, -0.2) is 0 Å². The van der Waals surface area contributed by atoms with Crippen molar-refractivity contribution < 1.29 is 23.7 Å². The molecule has 0 saturated carbocycles. The Morgan fingerprint density at radius 1 is 1.04 bits per heavy atom. The van der Waals surface area contributed by atoms with Crippen LogP contribution in [0.5, 0.6) is 23.0 Å². The van der Waals surface area contributed by atoms with Gasteiger partial charge in [-0.1, -0.05) is 24.3 Å². The molecule has 144 valence electrons. The summed E-state index contributed by atoms with van der Waals surface area (Å²) in [5.74, 6) is 2.60. The second-order valence-electron chi connectivity index (χ2n) is 6.47. The molecule has 1 N–H and O–H groups in total. The van der Waals surface area contributed by atoms with Crippen molar-refractivity contribution in [3.63, 3.8) is 0 Å². The number of para-hydroxylation sites is 2. The zero-order valence-electron chi connectivity index (χ0n) is 15.5. The molecule has 1 amide bonds. The first-order valence-electron chi connectivity index (χ1n) is 9.07. The second kappa shape index (κ2) is 8.08. The largest absolute Gasteiger partial charge is 0.497 e. The monoisotopic (exact) mass is 379 g/mol. The highest BCUT2D eigenvalue weighted by atomic mass is 16.6. The van der Waals surface area contributed by atoms with E-state index in [0.717, 1.165) is 22.3 Å². The number of fused-ring (bicyclic) bond motifs is 2. The van der Waals surface area contributed by atoms with Crippen LogP contribution in [0.25, 0.3) is 10.8 Å². The Hall–Kier alpha value is -3.41. The summed E-state index contributed by atoms with van der Waals surface area (Å²) in [6, 6.07) is 19.0. The van der Waals surface area contributed by atoms with Crippen LogP contribution in [0.4, 0.5) is 0 Å². The number of hydrogen-bond donors (Lipinski definition) is 1. The van der Waals surface area contributed by atoms with E-state index in [9.17, 15) is 4.79 Å². The quantitative estimate of drug-likeness (QED) is 0.713. The number of hydrogen-bond acceptors (Lipinski definition) is 5. The van der Waals surface area contributed by atoms with E-state index in [1.807, 2.05) is 60.7 Å². The summed E-state index contributed by atoms with van der Waals surface area (Å²) in [5.41, 5.74) is 0. The number of nitrogens with one attached hydrogen (secondary N) is 1. The summed E-state index contributed by atoms with van der Waals surface area (Å²) in [7, 11) is 1.63. The molecule has 0 bridgehead atoms. The van der Waals surface area contributed by atoms with E-state index in [1.54, 1.807) is 7.11 Å². The van der Waals surface area contributed by atoms with Crippen LogP contribution in [-0.4, -0.2) is 38.9 Å². The smallest absolute Gasteiger partial charge is 0.258 e. The van der Waals surface area contributed by atoms with Crippen molar-refractivity contribution in [3.8, 4) is 23.0 Å². The molecule has 1 aliphatic heterocycles. The summed E-state index contributed by atoms with van der Waals surface area (Å²) in [5, 5.41) is 4.89. The van der Waals surface area contributed by atoms with Crippen molar-refractivity contribution in [1.82, 2.24) is 5.32 Å². The molecular formula is C22H21NO5. The Labute approximate surface area is 163 Å². The number of carbonyl (C=O) groups excluding carboxylic acids is 1. The van der Waals surface area contributed by atoms with Crippen molar-refractivity contribution in [2.45, 2.75) is 6.10 Å². The van der Waals surface area contributed by atoms with E-state index in [-0.39, 0.29) is 18.6 Å². The predicted octanol–water partition coefficient (Wildman–Crippen LogP) is 3.18. The predicted molar refractivity (Wildman–Crippen MR) is 105 cm³/mol. The number of ether oxygens (including phenoxy) is 4. The van der Waals surface area contributed by atoms with E-state index in [2.05, 4.69) is 5.32 Å². The molecule has 1 aliphatic rings. The van der Waals surface area contributed by atoms with E-state index < -0.39 is 0 Å². The summed E-state index contributed by atoms with van der Waals surface area (Å²) >= 11 is 0. The van der Waals surface area contributed by atoms with Crippen molar-refractivity contribution >= 4 is 16.7 Å². The topological polar surface area (TPSA) is 66.0 Å². The number of rotatable bonds is 6. The normalized spacial score (nSPS) is 15.1. The first kappa shape index (κ1) is 18.0. The van der Waals surface area contributed by atoms with Gasteiger partial charge in [0.15, 0.2) is 18.1 Å². The highest BCUT2D eigenvalue weighted by Crippen LogP contribution is 2.30. The molecule has 0 aromatic heterocycles. The van der Waals surface area contributed by atoms with Gasteiger partial charge in [0, 0.05) is 0 Å². The Kier molecular flexibility index (Phi) is 5.19. The van der Waals surface area contributed by atoms with Gasteiger partial charge in [-0.3, -0.25) is 4.79 Å². The lowest BCUT2D eigenvalue weighted by atomic mass is 10.1. The van der Waals surface area contributed by atoms with Gasteiger partial charge in [0.25, 0.3) is 5.91 Å². The lowest BCUT2D eigenvalue weighted by Crippen LogP contribution is -2.42. The number of carbonyl (C=O) groups is 1. The molecule has 3 aromatic rings. The summed E-state index contributed by atoms with van der Waals surface area (Å²) in [4.78, 5) is 12.1. The third-order valence-corrected chi connectivity index (χ3v) is 4.48. The van der Waals surface area contributed by atoms with Crippen LogP contribution in [0.1, 0.15) is 0 Å². The Balaban J connectivity index is 1.28. The summed E-state index contributed by atoms with van der Waals surface area (Å²) in [6.07, 6.45) is -0.230. The lowest BCUT2D eigenvalue weighted by Gasteiger charge is -2.26.